The number of anilines is 1. The fourth-order valence-electron chi connectivity index (χ4n) is 3.70. The predicted octanol–water partition coefficient (Wildman–Crippen LogP) is 2.80. The zero-order chi connectivity index (χ0) is 13.9. The molecule has 3 heteroatoms. The van der Waals surface area contributed by atoms with Crippen molar-refractivity contribution in [2.24, 2.45) is 0 Å². The van der Waals surface area contributed by atoms with Gasteiger partial charge >= 0.3 is 0 Å². The van der Waals surface area contributed by atoms with Crippen molar-refractivity contribution < 1.29 is 4.98 Å². The highest BCUT2D eigenvalue weighted by molar-refractivity contribution is 5.58. The Morgan fingerprint density at radius 2 is 1.80 bits per heavy atom. The molecule has 0 radical (unpaired) electrons. The molecule has 0 spiro atoms. The van der Waals surface area contributed by atoms with E-state index in [4.69, 9.17) is 0 Å². The molecule has 1 N–H and O–H groups in total. The number of nitriles is 1. The summed E-state index contributed by atoms with van der Waals surface area (Å²) in [7, 11) is 0. The Kier molecular flexibility index (Phi) is 3.91. The molecule has 1 aromatic heterocycles. The molecule has 1 saturated heterocycles. The second kappa shape index (κ2) is 5.83. The summed E-state index contributed by atoms with van der Waals surface area (Å²) < 4.78 is 0. The summed E-state index contributed by atoms with van der Waals surface area (Å²) in [5, 5.41) is 9.66. The molecule has 0 unspecified atom stereocenters. The van der Waals surface area contributed by atoms with E-state index in [1.54, 1.807) is 0 Å². The third-order valence-corrected chi connectivity index (χ3v) is 4.67. The number of fused-ring (bicyclic) bond motifs is 1. The van der Waals surface area contributed by atoms with Gasteiger partial charge in [0, 0.05) is 6.42 Å². The number of hydrogen-bond donors (Lipinski definition) is 0. The summed E-state index contributed by atoms with van der Waals surface area (Å²) >= 11 is 0. The maximum Gasteiger partial charge on any atom is 0.293 e. The molecular weight excluding hydrogens is 246 g/mol. The van der Waals surface area contributed by atoms with Gasteiger partial charge in [-0.25, -0.2) is 4.98 Å². The molecule has 1 aromatic rings. The van der Waals surface area contributed by atoms with Crippen LogP contribution in [0.15, 0.2) is 0 Å². The van der Waals surface area contributed by atoms with Crippen LogP contribution in [0, 0.1) is 11.3 Å². The fraction of sp³-hybridized carbons (Fsp3) is 0.647. The van der Waals surface area contributed by atoms with Crippen LogP contribution in [0.4, 0.5) is 5.82 Å². The van der Waals surface area contributed by atoms with Gasteiger partial charge in [0.2, 0.25) is 0 Å². The molecule has 0 saturated carbocycles. The lowest BCUT2D eigenvalue weighted by atomic mass is 9.86. The first kappa shape index (κ1) is 13.4. The maximum atomic E-state index is 9.66. The van der Waals surface area contributed by atoms with E-state index in [9.17, 15) is 5.26 Å². The minimum Gasteiger partial charge on any atom is -0.261 e. The van der Waals surface area contributed by atoms with Crippen LogP contribution in [0.25, 0.3) is 0 Å². The highest BCUT2D eigenvalue weighted by Crippen LogP contribution is 2.31. The largest absolute Gasteiger partial charge is 0.293 e. The summed E-state index contributed by atoms with van der Waals surface area (Å²) in [4.78, 5) is 6.02. The topological polar surface area (TPSA) is 41.2 Å². The Balaban J connectivity index is 2.13. The van der Waals surface area contributed by atoms with E-state index in [2.05, 4.69) is 22.9 Å². The Hall–Kier alpha value is -1.56. The lowest BCUT2D eigenvalue weighted by Gasteiger charge is -2.21. The van der Waals surface area contributed by atoms with Crippen LogP contribution in [-0.2, 0) is 19.3 Å². The van der Waals surface area contributed by atoms with Crippen LogP contribution in [0.2, 0.25) is 0 Å². The normalized spacial score (nSPS) is 17.9. The average Bonchev–Trinajstić information content (AvgIpc) is 3.01. The standard InChI is InChI=1S/C17H23N3/c1-2-7-16-14-9-4-3-8-13(14)15(12-18)17(19-16)20-10-5-6-11-20/h2-11H2,1H3/p+1. The highest BCUT2D eigenvalue weighted by Gasteiger charge is 2.30. The Morgan fingerprint density at radius 1 is 1.10 bits per heavy atom. The summed E-state index contributed by atoms with van der Waals surface area (Å²) in [5.74, 6) is 1.11. The molecule has 1 fully saturated rings. The Bertz CT molecular complexity index is 536. The number of H-pyrrole nitrogens is 1. The van der Waals surface area contributed by atoms with Crippen LogP contribution in [-0.4, -0.2) is 13.1 Å². The number of pyridine rings is 1. The molecule has 1 aliphatic heterocycles. The van der Waals surface area contributed by atoms with Crippen molar-refractivity contribution in [3.63, 3.8) is 0 Å². The minimum atomic E-state index is 0.932. The van der Waals surface area contributed by atoms with Gasteiger partial charge in [-0.1, -0.05) is 6.92 Å². The summed E-state index contributed by atoms with van der Waals surface area (Å²) in [6.07, 6.45) is 9.50. The lowest BCUT2D eigenvalue weighted by molar-refractivity contribution is -0.377. The number of hydrogen-bond acceptors (Lipinski definition) is 2. The van der Waals surface area contributed by atoms with Gasteiger partial charge in [0.15, 0.2) is 0 Å². The molecule has 106 valence electrons. The van der Waals surface area contributed by atoms with E-state index in [0.29, 0.717) is 0 Å². The van der Waals surface area contributed by atoms with Crippen LogP contribution >= 0.6 is 0 Å². The van der Waals surface area contributed by atoms with Gasteiger partial charge in [0.05, 0.1) is 13.1 Å². The van der Waals surface area contributed by atoms with Crippen molar-refractivity contribution in [3.8, 4) is 6.07 Å². The number of aromatic nitrogens is 1. The van der Waals surface area contributed by atoms with E-state index >= 15 is 0 Å². The molecule has 2 aliphatic rings. The third kappa shape index (κ3) is 2.28. The van der Waals surface area contributed by atoms with Crippen molar-refractivity contribution in [2.45, 2.75) is 58.3 Å². The number of aromatic amines is 1. The van der Waals surface area contributed by atoms with Gasteiger partial charge in [-0.05, 0) is 56.1 Å². The number of nitrogens with zero attached hydrogens (tertiary/aromatic N) is 2. The first-order chi connectivity index (χ1) is 9.85. The molecular formula is C17H24N3+. The van der Waals surface area contributed by atoms with Crippen molar-refractivity contribution in [1.29, 1.82) is 5.26 Å². The van der Waals surface area contributed by atoms with Crippen LogP contribution < -0.4 is 9.88 Å². The quantitative estimate of drug-likeness (QED) is 0.847. The first-order valence-electron chi connectivity index (χ1n) is 8.10. The minimum absolute atomic E-state index is 0.932. The second-order valence-corrected chi connectivity index (χ2v) is 6.05. The van der Waals surface area contributed by atoms with E-state index in [0.717, 1.165) is 50.2 Å². The lowest BCUT2D eigenvalue weighted by Crippen LogP contribution is -2.32. The van der Waals surface area contributed by atoms with Gasteiger partial charge < -0.3 is 0 Å². The molecule has 2 heterocycles. The number of rotatable bonds is 3. The third-order valence-electron chi connectivity index (χ3n) is 4.67. The van der Waals surface area contributed by atoms with Crippen molar-refractivity contribution in [2.75, 3.05) is 18.0 Å². The predicted molar refractivity (Wildman–Crippen MR) is 79.8 cm³/mol. The molecule has 0 amide bonds. The van der Waals surface area contributed by atoms with Gasteiger partial charge in [-0.15, -0.1) is 0 Å². The highest BCUT2D eigenvalue weighted by atomic mass is 15.2. The summed E-state index contributed by atoms with van der Waals surface area (Å²) in [5.41, 5.74) is 5.13. The smallest absolute Gasteiger partial charge is 0.261 e. The van der Waals surface area contributed by atoms with Gasteiger partial charge in [0.25, 0.3) is 5.82 Å². The molecule has 1 aliphatic carbocycles. The molecule has 20 heavy (non-hydrogen) atoms. The van der Waals surface area contributed by atoms with E-state index in [-0.39, 0.29) is 0 Å². The van der Waals surface area contributed by atoms with Crippen LogP contribution in [0.1, 0.15) is 61.4 Å². The Morgan fingerprint density at radius 3 is 2.45 bits per heavy atom. The van der Waals surface area contributed by atoms with Crippen LogP contribution in [0.3, 0.4) is 0 Å². The summed E-state index contributed by atoms with van der Waals surface area (Å²) in [6, 6.07) is 2.50. The first-order valence-corrected chi connectivity index (χ1v) is 8.10. The molecule has 3 nitrogen and oxygen atoms in total. The van der Waals surface area contributed by atoms with Gasteiger partial charge in [-0.3, -0.25) is 4.90 Å². The SMILES string of the molecule is CCCc1[nH+]c(N2CCCC2)c(C#N)c2c1CCCC2. The second-order valence-electron chi connectivity index (χ2n) is 6.05. The fourth-order valence-corrected chi connectivity index (χ4v) is 3.70. The molecule has 0 atom stereocenters. The molecule has 3 rings (SSSR count). The molecule has 0 aromatic carbocycles. The zero-order valence-corrected chi connectivity index (χ0v) is 12.5. The average molecular weight is 270 g/mol. The molecule has 0 bridgehead atoms. The monoisotopic (exact) mass is 270 g/mol. The number of nitrogens with one attached hydrogen (secondary N) is 1. The summed E-state index contributed by atoms with van der Waals surface area (Å²) in [6.45, 7) is 4.42. The van der Waals surface area contributed by atoms with E-state index in [1.165, 1.54) is 42.5 Å². The Labute approximate surface area is 121 Å². The zero-order valence-electron chi connectivity index (χ0n) is 12.5. The van der Waals surface area contributed by atoms with Crippen molar-refractivity contribution in [3.05, 3.63) is 22.4 Å². The maximum absolute atomic E-state index is 9.66. The van der Waals surface area contributed by atoms with Crippen LogP contribution in [0.5, 0.6) is 0 Å². The van der Waals surface area contributed by atoms with Crippen molar-refractivity contribution >= 4 is 5.82 Å². The van der Waals surface area contributed by atoms with Crippen molar-refractivity contribution in [1.82, 2.24) is 0 Å². The van der Waals surface area contributed by atoms with E-state index < -0.39 is 0 Å². The number of aryl methyl sites for hydroxylation is 1. The van der Waals surface area contributed by atoms with Gasteiger partial charge in [-0.2, -0.15) is 5.26 Å². The van der Waals surface area contributed by atoms with E-state index in [1.807, 2.05) is 0 Å². The van der Waals surface area contributed by atoms with Gasteiger partial charge in [0.1, 0.15) is 17.3 Å².